The zero-order valence-electron chi connectivity index (χ0n) is 16.0. The molecule has 2 heterocycles. The van der Waals surface area contributed by atoms with E-state index in [2.05, 4.69) is 5.32 Å². The Morgan fingerprint density at radius 2 is 1.97 bits per heavy atom. The van der Waals surface area contributed by atoms with Crippen LogP contribution in [0.1, 0.15) is 23.2 Å². The van der Waals surface area contributed by atoms with Gasteiger partial charge >= 0.3 is 7.60 Å². The standard InChI is InChI=1S/C21H17Cl2FNO4PS/c22-14-3-5-19-15(11-14)16(12-31-19)20(30(27)28-8-1-9-29-30)21(26)25-7-6-13-2-4-18(24)17(23)10-13/h2-7,10-12,20H,1,8-9H2,(H,25,26)/b7-6+. The minimum absolute atomic E-state index is 0.0265. The third-order valence-corrected chi connectivity index (χ3v) is 8.44. The molecule has 1 fully saturated rings. The lowest BCUT2D eigenvalue weighted by Gasteiger charge is -2.29. The maximum atomic E-state index is 13.5. The van der Waals surface area contributed by atoms with Crippen molar-refractivity contribution in [1.29, 1.82) is 0 Å². The molecule has 1 amide bonds. The van der Waals surface area contributed by atoms with Crippen LogP contribution < -0.4 is 5.32 Å². The topological polar surface area (TPSA) is 64.6 Å². The molecule has 1 N–H and O–H groups in total. The molecule has 1 atom stereocenters. The first-order chi connectivity index (χ1) is 14.9. The van der Waals surface area contributed by atoms with Crippen LogP contribution in [0.3, 0.4) is 0 Å². The maximum absolute atomic E-state index is 13.5. The first kappa shape index (κ1) is 22.5. The number of fused-ring (bicyclic) bond motifs is 1. The van der Waals surface area contributed by atoms with Gasteiger partial charge in [0, 0.05) is 15.9 Å². The van der Waals surface area contributed by atoms with Gasteiger partial charge in [-0.15, -0.1) is 11.3 Å². The molecule has 2 aromatic carbocycles. The lowest BCUT2D eigenvalue weighted by molar-refractivity contribution is -0.120. The SMILES string of the molecule is O=C(N/C=C/c1ccc(F)c(Cl)c1)C(c1csc2ccc(Cl)cc12)P1(=O)OCCCO1. The summed E-state index contributed by atoms with van der Waals surface area (Å²) in [5, 5.41) is 5.61. The summed E-state index contributed by atoms with van der Waals surface area (Å²) < 4.78 is 38.7. The summed E-state index contributed by atoms with van der Waals surface area (Å²) in [7, 11) is -3.77. The summed E-state index contributed by atoms with van der Waals surface area (Å²) in [5.74, 6) is -1.08. The summed E-state index contributed by atoms with van der Waals surface area (Å²) in [6, 6.07) is 9.51. The monoisotopic (exact) mass is 499 g/mol. The summed E-state index contributed by atoms with van der Waals surface area (Å²) in [6.07, 6.45) is 3.54. The van der Waals surface area contributed by atoms with E-state index in [0.29, 0.717) is 22.6 Å². The molecule has 0 radical (unpaired) electrons. The number of carbonyl (C=O) groups excluding carboxylic acids is 1. The van der Waals surface area contributed by atoms with Gasteiger partial charge in [-0.05, 0) is 64.7 Å². The van der Waals surface area contributed by atoms with Crippen molar-refractivity contribution < 1.29 is 22.8 Å². The highest BCUT2D eigenvalue weighted by atomic mass is 35.5. The van der Waals surface area contributed by atoms with Gasteiger partial charge in [-0.3, -0.25) is 9.36 Å². The highest BCUT2D eigenvalue weighted by Gasteiger charge is 2.45. The zero-order valence-corrected chi connectivity index (χ0v) is 19.2. The van der Waals surface area contributed by atoms with E-state index in [1.54, 1.807) is 23.6 Å². The molecule has 1 aliphatic heterocycles. The van der Waals surface area contributed by atoms with E-state index in [1.807, 2.05) is 6.07 Å². The molecule has 1 aromatic heterocycles. The number of nitrogens with one attached hydrogen (secondary N) is 1. The predicted molar refractivity (Wildman–Crippen MR) is 122 cm³/mol. The van der Waals surface area contributed by atoms with E-state index in [9.17, 15) is 13.8 Å². The van der Waals surface area contributed by atoms with Gasteiger partial charge in [-0.25, -0.2) is 4.39 Å². The molecular formula is C21H17Cl2FNO4PS. The second-order valence-corrected chi connectivity index (χ2v) is 10.7. The van der Waals surface area contributed by atoms with Crippen molar-refractivity contribution in [3.63, 3.8) is 0 Å². The smallest absolute Gasteiger partial charge is 0.332 e. The molecular weight excluding hydrogens is 483 g/mol. The molecule has 0 bridgehead atoms. The molecule has 4 rings (SSSR count). The molecule has 3 aromatic rings. The lowest BCUT2D eigenvalue weighted by atomic mass is 10.1. The van der Waals surface area contributed by atoms with Gasteiger partial charge in [0.2, 0.25) is 5.91 Å². The molecule has 0 saturated carbocycles. The van der Waals surface area contributed by atoms with Gasteiger partial charge in [0.25, 0.3) is 0 Å². The van der Waals surface area contributed by atoms with Crippen molar-refractivity contribution in [2.75, 3.05) is 13.2 Å². The number of hydrogen-bond donors (Lipinski definition) is 1. The van der Waals surface area contributed by atoms with Crippen LogP contribution in [0.15, 0.2) is 48.0 Å². The minimum Gasteiger partial charge on any atom is -0.332 e. The average Bonchev–Trinajstić information content (AvgIpc) is 3.14. The molecule has 1 saturated heterocycles. The Balaban J connectivity index is 1.66. The summed E-state index contributed by atoms with van der Waals surface area (Å²) in [6.45, 7) is 0.488. The van der Waals surface area contributed by atoms with E-state index < -0.39 is 25.0 Å². The van der Waals surface area contributed by atoms with Crippen molar-refractivity contribution in [2.24, 2.45) is 0 Å². The van der Waals surface area contributed by atoms with Crippen molar-refractivity contribution >= 4 is 64.2 Å². The molecule has 31 heavy (non-hydrogen) atoms. The van der Waals surface area contributed by atoms with Crippen molar-refractivity contribution in [3.05, 3.63) is 75.0 Å². The highest BCUT2D eigenvalue weighted by molar-refractivity contribution is 7.55. The van der Waals surface area contributed by atoms with Crippen LogP contribution in [-0.2, 0) is 18.4 Å². The number of hydrogen-bond acceptors (Lipinski definition) is 5. The van der Waals surface area contributed by atoms with Crippen LogP contribution >= 0.6 is 42.1 Å². The van der Waals surface area contributed by atoms with E-state index in [0.717, 1.165) is 10.1 Å². The quantitative estimate of drug-likeness (QED) is 0.391. The van der Waals surface area contributed by atoms with Crippen LogP contribution in [-0.4, -0.2) is 19.1 Å². The molecule has 0 aliphatic carbocycles. The number of benzene rings is 2. The van der Waals surface area contributed by atoms with Crippen LogP contribution in [0.2, 0.25) is 10.0 Å². The zero-order chi connectivity index (χ0) is 22.0. The number of rotatable bonds is 5. The van der Waals surface area contributed by atoms with Gasteiger partial charge < -0.3 is 14.4 Å². The van der Waals surface area contributed by atoms with E-state index in [1.165, 1.54) is 35.7 Å². The van der Waals surface area contributed by atoms with Gasteiger partial charge in [-0.1, -0.05) is 29.3 Å². The van der Waals surface area contributed by atoms with Crippen molar-refractivity contribution in [1.82, 2.24) is 5.32 Å². The number of carbonyl (C=O) groups is 1. The van der Waals surface area contributed by atoms with Crippen LogP contribution in [0, 0.1) is 5.82 Å². The van der Waals surface area contributed by atoms with Gasteiger partial charge in [0.05, 0.1) is 18.2 Å². The predicted octanol–water partition coefficient (Wildman–Crippen LogP) is 6.81. The van der Waals surface area contributed by atoms with Crippen LogP contribution in [0.25, 0.3) is 16.2 Å². The van der Waals surface area contributed by atoms with Gasteiger partial charge in [0.1, 0.15) is 5.82 Å². The first-order valence-corrected chi connectivity index (χ1v) is 12.6. The number of amides is 1. The Hall–Kier alpha value is -1.73. The molecule has 162 valence electrons. The lowest BCUT2D eigenvalue weighted by Crippen LogP contribution is -2.28. The van der Waals surface area contributed by atoms with Gasteiger partial charge in [0.15, 0.2) is 5.66 Å². The normalized spacial score (nSPS) is 17.1. The Kier molecular flexibility index (Phi) is 6.82. The molecule has 0 spiro atoms. The largest absolute Gasteiger partial charge is 0.347 e. The molecule has 1 aliphatic rings. The van der Waals surface area contributed by atoms with Crippen molar-refractivity contribution in [2.45, 2.75) is 12.1 Å². The third-order valence-electron chi connectivity index (χ3n) is 4.70. The fourth-order valence-corrected chi connectivity index (χ4v) is 6.72. The summed E-state index contributed by atoms with van der Waals surface area (Å²) >= 11 is 13.4. The van der Waals surface area contributed by atoms with E-state index in [4.69, 9.17) is 32.2 Å². The average molecular weight is 500 g/mol. The second kappa shape index (κ2) is 9.41. The maximum Gasteiger partial charge on any atom is 0.347 e. The third kappa shape index (κ3) is 4.87. The van der Waals surface area contributed by atoms with Crippen LogP contribution in [0.5, 0.6) is 0 Å². The Morgan fingerprint density at radius 3 is 2.71 bits per heavy atom. The van der Waals surface area contributed by atoms with E-state index >= 15 is 0 Å². The number of thiophene rings is 1. The molecule has 10 heteroatoms. The van der Waals surface area contributed by atoms with E-state index in [-0.39, 0.29) is 18.2 Å². The fraction of sp³-hybridized carbons (Fsp3) is 0.190. The van der Waals surface area contributed by atoms with Crippen molar-refractivity contribution in [3.8, 4) is 0 Å². The first-order valence-electron chi connectivity index (χ1n) is 9.35. The minimum atomic E-state index is -3.77. The number of halogens is 3. The highest BCUT2D eigenvalue weighted by Crippen LogP contribution is 2.63. The fourth-order valence-electron chi connectivity index (χ4n) is 3.23. The second-order valence-electron chi connectivity index (χ2n) is 6.81. The molecule has 1 unspecified atom stereocenters. The Labute approximate surface area is 192 Å². The Bertz CT molecular complexity index is 1210. The molecule has 5 nitrogen and oxygen atoms in total. The Morgan fingerprint density at radius 1 is 1.19 bits per heavy atom. The summed E-state index contributed by atoms with van der Waals surface area (Å²) in [4.78, 5) is 13.2. The van der Waals surface area contributed by atoms with Gasteiger partial charge in [-0.2, -0.15) is 0 Å². The van der Waals surface area contributed by atoms with Crippen LogP contribution in [0.4, 0.5) is 4.39 Å². The summed E-state index contributed by atoms with van der Waals surface area (Å²) in [5.41, 5.74) is -0.0438.